The minimum atomic E-state index is -0.0188. The van der Waals surface area contributed by atoms with Gasteiger partial charge in [-0.15, -0.1) is 11.6 Å². The molecule has 2 aromatic rings. The van der Waals surface area contributed by atoms with Crippen molar-refractivity contribution < 1.29 is 4.79 Å². The molecule has 0 bridgehead atoms. The van der Waals surface area contributed by atoms with Gasteiger partial charge in [0.1, 0.15) is 0 Å². The molecule has 1 heterocycles. The SMILES string of the molecule is CCCN(CCCl)C(=O)c1cnn(-c2ccccc2)c1. The predicted molar refractivity (Wildman–Crippen MR) is 80.5 cm³/mol. The van der Waals surface area contributed by atoms with E-state index in [1.54, 1.807) is 22.0 Å². The van der Waals surface area contributed by atoms with E-state index in [1.807, 2.05) is 37.3 Å². The third-order valence-corrected chi connectivity index (χ3v) is 3.15. The number of hydrogen-bond acceptors (Lipinski definition) is 2. The average Bonchev–Trinajstić information content (AvgIpc) is 2.97. The van der Waals surface area contributed by atoms with E-state index < -0.39 is 0 Å². The third-order valence-electron chi connectivity index (χ3n) is 2.99. The van der Waals surface area contributed by atoms with Crippen LogP contribution in [0.15, 0.2) is 42.7 Å². The number of amides is 1. The summed E-state index contributed by atoms with van der Waals surface area (Å²) in [6, 6.07) is 9.72. The second-order valence-electron chi connectivity index (χ2n) is 4.49. The molecule has 0 aliphatic rings. The number of carbonyl (C=O) groups is 1. The Labute approximate surface area is 124 Å². The minimum Gasteiger partial charge on any atom is -0.337 e. The number of hydrogen-bond donors (Lipinski definition) is 0. The van der Waals surface area contributed by atoms with Crippen molar-refractivity contribution in [1.29, 1.82) is 0 Å². The molecule has 0 aliphatic carbocycles. The van der Waals surface area contributed by atoms with Gasteiger partial charge in [-0.1, -0.05) is 25.1 Å². The molecule has 1 aromatic carbocycles. The highest BCUT2D eigenvalue weighted by Gasteiger charge is 2.16. The van der Waals surface area contributed by atoms with Gasteiger partial charge in [0, 0.05) is 25.2 Å². The third kappa shape index (κ3) is 3.39. The van der Waals surface area contributed by atoms with Crippen LogP contribution in [0.25, 0.3) is 5.69 Å². The lowest BCUT2D eigenvalue weighted by molar-refractivity contribution is 0.0765. The van der Waals surface area contributed by atoms with Crippen LogP contribution in [0.4, 0.5) is 0 Å². The lowest BCUT2D eigenvalue weighted by Gasteiger charge is -2.19. The molecule has 1 amide bonds. The summed E-state index contributed by atoms with van der Waals surface area (Å²) >= 11 is 5.75. The maximum absolute atomic E-state index is 12.4. The van der Waals surface area contributed by atoms with E-state index in [2.05, 4.69) is 5.10 Å². The van der Waals surface area contributed by atoms with Gasteiger partial charge in [-0.3, -0.25) is 4.79 Å². The van der Waals surface area contributed by atoms with Crippen molar-refractivity contribution in [3.8, 4) is 5.69 Å². The maximum atomic E-state index is 12.4. The summed E-state index contributed by atoms with van der Waals surface area (Å²) < 4.78 is 1.71. The molecular formula is C15H18ClN3O. The van der Waals surface area contributed by atoms with Gasteiger partial charge in [-0.05, 0) is 18.6 Å². The standard InChI is InChI=1S/C15H18ClN3O/c1-2-9-18(10-8-16)15(20)13-11-17-19(12-13)14-6-4-3-5-7-14/h3-7,11-12H,2,8-10H2,1H3. The van der Waals surface area contributed by atoms with Gasteiger partial charge in [-0.2, -0.15) is 5.10 Å². The molecule has 0 radical (unpaired) electrons. The molecule has 5 heteroatoms. The van der Waals surface area contributed by atoms with E-state index >= 15 is 0 Å². The first-order chi connectivity index (χ1) is 9.76. The minimum absolute atomic E-state index is 0.0188. The van der Waals surface area contributed by atoms with Crippen molar-refractivity contribution >= 4 is 17.5 Å². The lowest BCUT2D eigenvalue weighted by atomic mass is 10.3. The molecule has 0 saturated carbocycles. The van der Waals surface area contributed by atoms with Crippen LogP contribution >= 0.6 is 11.6 Å². The Morgan fingerprint density at radius 3 is 2.70 bits per heavy atom. The normalized spacial score (nSPS) is 10.5. The van der Waals surface area contributed by atoms with Crippen molar-refractivity contribution in [1.82, 2.24) is 14.7 Å². The molecule has 0 atom stereocenters. The molecule has 0 saturated heterocycles. The van der Waals surface area contributed by atoms with E-state index in [0.29, 0.717) is 24.5 Å². The van der Waals surface area contributed by atoms with Gasteiger partial charge in [0.15, 0.2) is 0 Å². The van der Waals surface area contributed by atoms with Crippen molar-refractivity contribution in [3.05, 3.63) is 48.3 Å². The summed E-state index contributed by atoms with van der Waals surface area (Å²) in [6.07, 6.45) is 4.27. The number of nitrogens with zero attached hydrogens (tertiary/aromatic N) is 3. The number of halogens is 1. The Kier molecular flexibility index (Phi) is 5.18. The quantitative estimate of drug-likeness (QED) is 0.768. The zero-order valence-corrected chi connectivity index (χ0v) is 12.3. The van der Waals surface area contributed by atoms with Crippen molar-refractivity contribution in [2.45, 2.75) is 13.3 Å². The number of benzene rings is 1. The number of carbonyl (C=O) groups excluding carboxylic acids is 1. The molecule has 0 unspecified atom stereocenters. The monoisotopic (exact) mass is 291 g/mol. The van der Waals surface area contributed by atoms with Crippen LogP contribution in [0.1, 0.15) is 23.7 Å². The molecule has 0 fully saturated rings. The highest BCUT2D eigenvalue weighted by molar-refractivity contribution is 6.18. The van der Waals surface area contributed by atoms with Gasteiger partial charge in [-0.25, -0.2) is 4.68 Å². The van der Waals surface area contributed by atoms with Gasteiger partial charge in [0.05, 0.1) is 17.4 Å². The molecule has 2 rings (SSSR count). The van der Waals surface area contributed by atoms with Crippen molar-refractivity contribution in [2.75, 3.05) is 19.0 Å². The van der Waals surface area contributed by atoms with Gasteiger partial charge in [0.2, 0.25) is 0 Å². The van der Waals surface area contributed by atoms with E-state index in [9.17, 15) is 4.79 Å². The molecule has 20 heavy (non-hydrogen) atoms. The highest BCUT2D eigenvalue weighted by atomic mass is 35.5. The Morgan fingerprint density at radius 2 is 2.05 bits per heavy atom. The van der Waals surface area contributed by atoms with Crippen LogP contribution in [0.5, 0.6) is 0 Å². The van der Waals surface area contributed by atoms with E-state index in [-0.39, 0.29) is 5.91 Å². The zero-order valence-electron chi connectivity index (χ0n) is 11.5. The second-order valence-corrected chi connectivity index (χ2v) is 4.87. The van der Waals surface area contributed by atoms with Crippen LogP contribution in [0.3, 0.4) is 0 Å². The Balaban J connectivity index is 2.17. The summed E-state index contributed by atoms with van der Waals surface area (Å²) in [6.45, 7) is 3.31. The van der Waals surface area contributed by atoms with Crippen LogP contribution < -0.4 is 0 Å². The Bertz CT molecular complexity index is 547. The smallest absolute Gasteiger partial charge is 0.257 e. The maximum Gasteiger partial charge on any atom is 0.257 e. The largest absolute Gasteiger partial charge is 0.337 e. The highest BCUT2D eigenvalue weighted by Crippen LogP contribution is 2.10. The fourth-order valence-corrected chi connectivity index (χ4v) is 2.23. The molecule has 4 nitrogen and oxygen atoms in total. The Hall–Kier alpha value is -1.81. The fraction of sp³-hybridized carbons (Fsp3) is 0.333. The molecule has 0 N–H and O–H groups in total. The number of alkyl halides is 1. The van der Waals surface area contributed by atoms with Gasteiger partial charge in [0.25, 0.3) is 5.91 Å². The number of para-hydroxylation sites is 1. The van der Waals surface area contributed by atoms with Gasteiger partial charge < -0.3 is 4.90 Å². The number of aromatic nitrogens is 2. The van der Waals surface area contributed by atoms with Crippen LogP contribution in [0, 0.1) is 0 Å². The van der Waals surface area contributed by atoms with E-state index in [4.69, 9.17) is 11.6 Å². The first-order valence-corrected chi connectivity index (χ1v) is 7.25. The van der Waals surface area contributed by atoms with Gasteiger partial charge >= 0.3 is 0 Å². The van der Waals surface area contributed by atoms with Crippen LogP contribution in [-0.2, 0) is 0 Å². The summed E-state index contributed by atoms with van der Waals surface area (Å²) in [7, 11) is 0. The molecule has 1 aromatic heterocycles. The summed E-state index contributed by atoms with van der Waals surface area (Å²) in [5.74, 6) is 0.424. The fourth-order valence-electron chi connectivity index (χ4n) is 2.02. The van der Waals surface area contributed by atoms with Crippen molar-refractivity contribution in [2.24, 2.45) is 0 Å². The topological polar surface area (TPSA) is 38.1 Å². The predicted octanol–water partition coefficient (Wildman–Crippen LogP) is 2.96. The summed E-state index contributed by atoms with van der Waals surface area (Å²) in [4.78, 5) is 14.1. The molecule has 106 valence electrons. The second kappa shape index (κ2) is 7.10. The van der Waals surface area contributed by atoms with Crippen LogP contribution in [0.2, 0.25) is 0 Å². The van der Waals surface area contributed by atoms with Crippen LogP contribution in [-0.4, -0.2) is 39.6 Å². The lowest BCUT2D eigenvalue weighted by Crippen LogP contribution is -2.33. The Morgan fingerprint density at radius 1 is 1.30 bits per heavy atom. The van der Waals surface area contributed by atoms with E-state index in [0.717, 1.165) is 12.1 Å². The molecular weight excluding hydrogens is 274 g/mol. The zero-order chi connectivity index (χ0) is 14.4. The number of rotatable bonds is 6. The molecule has 0 aliphatic heterocycles. The van der Waals surface area contributed by atoms with E-state index in [1.165, 1.54) is 0 Å². The first kappa shape index (κ1) is 14.6. The average molecular weight is 292 g/mol. The van der Waals surface area contributed by atoms with Crippen molar-refractivity contribution in [3.63, 3.8) is 0 Å². The summed E-state index contributed by atoms with van der Waals surface area (Å²) in [5.41, 5.74) is 1.53. The summed E-state index contributed by atoms with van der Waals surface area (Å²) in [5, 5.41) is 4.25. The first-order valence-electron chi connectivity index (χ1n) is 6.71. The molecule has 0 spiro atoms.